The molecule has 1 rings (SSSR count). The van der Waals surface area contributed by atoms with Crippen molar-refractivity contribution < 1.29 is 0 Å². The predicted octanol–water partition coefficient (Wildman–Crippen LogP) is 2.09. The van der Waals surface area contributed by atoms with Gasteiger partial charge in [0.05, 0.1) is 0 Å². The van der Waals surface area contributed by atoms with Gasteiger partial charge < -0.3 is 4.98 Å². The Balaban J connectivity index is 2.61. The van der Waals surface area contributed by atoms with E-state index in [0.29, 0.717) is 0 Å². The van der Waals surface area contributed by atoms with Crippen molar-refractivity contribution in [2.75, 3.05) is 0 Å². The number of hydrogen-bond donors (Lipinski definition) is 1. The molecule has 0 unspecified atom stereocenters. The van der Waals surface area contributed by atoms with Crippen LogP contribution in [0.1, 0.15) is 17.7 Å². The maximum absolute atomic E-state index is 3.78. The fraction of sp³-hybridized carbons (Fsp3) is 0.375. The molecule has 0 bridgehead atoms. The molecule has 1 radical (unpaired) electrons. The van der Waals surface area contributed by atoms with Gasteiger partial charge in [-0.05, 0) is 31.4 Å². The summed E-state index contributed by atoms with van der Waals surface area (Å²) in [7, 11) is 0. The number of aromatic amines is 1. The largest absolute Gasteiger partial charge is 0.365 e. The second-order valence-corrected chi connectivity index (χ2v) is 2.29. The van der Waals surface area contributed by atoms with Crippen LogP contribution in [0.15, 0.2) is 12.3 Å². The van der Waals surface area contributed by atoms with E-state index >= 15 is 0 Å². The van der Waals surface area contributed by atoms with Crippen molar-refractivity contribution in [1.29, 1.82) is 0 Å². The topological polar surface area (TPSA) is 15.8 Å². The second kappa shape index (κ2) is 2.72. The standard InChI is InChI=1S/C8H12N/c1-3-4-8-5-7(2)9-6-8/h5-6,9H,1,3-4H2,2H3. The van der Waals surface area contributed by atoms with Gasteiger partial charge >= 0.3 is 0 Å². The zero-order valence-electron chi connectivity index (χ0n) is 5.78. The molecule has 0 aliphatic rings. The Bertz CT molecular complexity index is 176. The Labute approximate surface area is 56.1 Å². The highest BCUT2D eigenvalue weighted by Gasteiger charge is 1.91. The summed E-state index contributed by atoms with van der Waals surface area (Å²) in [5, 5.41) is 0. The Kier molecular flexibility index (Phi) is 1.93. The van der Waals surface area contributed by atoms with E-state index in [1.54, 1.807) is 0 Å². The Morgan fingerprint density at radius 1 is 1.67 bits per heavy atom. The van der Waals surface area contributed by atoms with Crippen LogP contribution in [-0.2, 0) is 6.42 Å². The summed E-state index contributed by atoms with van der Waals surface area (Å²) in [6, 6.07) is 2.16. The van der Waals surface area contributed by atoms with E-state index in [0.717, 1.165) is 12.8 Å². The second-order valence-electron chi connectivity index (χ2n) is 2.29. The van der Waals surface area contributed by atoms with Crippen molar-refractivity contribution in [1.82, 2.24) is 4.98 Å². The lowest BCUT2D eigenvalue weighted by molar-refractivity contribution is 1.00. The Morgan fingerprint density at radius 3 is 2.89 bits per heavy atom. The molecule has 0 aliphatic carbocycles. The maximum atomic E-state index is 3.78. The number of nitrogens with one attached hydrogen (secondary N) is 1. The third kappa shape index (κ3) is 1.60. The molecule has 0 atom stereocenters. The SMILES string of the molecule is [CH2]CCc1c[nH]c(C)c1. The first-order valence-corrected chi connectivity index (χ1v) is 3.26. The molecule has 1 aromatic heterocycles. The van der Waals surface area contributed by atoms with Crippen molar-refractivity contribution >= 4 is 0 Å². The van der Waals surface area contributed by atoms with E-state index in [1.165, 1.54) is 11.3 Å². The summed E-state index contributed by atoms with van der Waals surface area (Å²) in [5.74, 6) is 0. The van der Waals surface area contributed by atoms with Crippen molar-refractivity contribution in [2.24, 2.45) is 0 Å². The van der Waals surface area contributed by atoms with E-state index < -0.39 is 0 Å². The van der Waals surface area contributed by atoms with Crippen LogP contribution in [0.5, 0.6) is 0 Å². The van der Waals surface area contributed by atoms with Crippen LogP contribution in [0.4, 0.5) is 0 Å². The van der Waals surface area contributed by atoms with Gasteiger partial charge in [-0.25, -0.2) is 0 Å². The van der Waals surface area contributed by atoms with E-state index in [9.17, 15) is 0 Å². The zero-order valence-corrected chi connectivity index (χ0v) is 5.78. The van der Waals surface area contributed by atoms with Gasteiger partial charge in [-0.15, -0.1) is 0 Å². The van der Waals surface area contributed by atoms with Crippen molar-refractivity contribution in [3.8, 4) is 0 Å². The molecule has 1 heterocycles. The monoisotopic (exact) mass is 122 g/mol. The van der Waals surface area contributed by atoms with Gasteiger partial charge in [-0.3, -0.25) is 0 Å². The highest BCUT2D eigenvalue weighted by molar-refractivity contribution is 5.15. The minimum absolute atomic E-state index is 0.983. The van der Waals surface area contributed by atoms with E-state index in [2.05, 4.69) is 24.9 Å². The minimum atomic E-state index is 0.983. The summed E-state index contributed by atoms with van der Waals surface area (Å²) < 4.78 is 0. The first kappa shape index (κ1) is 6.40. The van der Waals surface area contributed by atoms with Gasteiger partial charge in [0, 0.05) is 11.9 Å². The average Bonchev–Trinajstić information content (AvgIpc) is 2.17. The van der Waals surface area contributed by atoms with E-state index in [-0.39, 0.29) is 0 Å². The van der Waals surface area contributed by atoms with Crippen LogP contribution in [0.25, 0.3) is 0 Å². The quantitative estimate of drug-likeness (QED) is 0.618. The number of aromatic nitrogens is 1. The summed E-state index contributed by atoms with van der Waals surface area (Å²) >= 11 is 0. The van der Waals surface area contributed by atoms with Gasteiger partial charge in [0.25, 0.3) is 0 Å². The number of H-pyrrole nitrogens is 1. The van der Waals surface area contributed by atoms with E-state index in [4.69, 9.17) is 0 Å². The lowest BCUT2D eigenvalue weighted by Gasteiger charge is -1.86. The van der Waals surface area contributed by atoms with Crippen molar-refractivity contribution in [3.05, 3.63) is 30.4 Å². The molecule has 0 aromatic carbocycles. The summed E-state index contributed by atoms with van der Waals surface area (Å²) in [5.41, 5.74) is 2.60. The highest BCUT2D eigenvalue weighted by Crippen LogP contribution is 2.03. The minimum Gasteiger partial charge on any atom is -0.365 e. The number of rotatable bonds is 2. The van der Waals surface area contributed by atoms with Crippen LogP contribution in [-0.4, -0.2) is 4.98 Å². The van der Waals surface area contributed by atoms with Crippen LogP contribution >= 0.6 is 0 Å². The Hall–Kier alpha value is -0.720. The van der Waals surface area contributed by atoms with Gasteiger partial charge in [0.15, 0.2) is 0 Å². The molecule has 0 spiro atoms. The number of aryl methyl sites for hydroxylation is 2. The van der Waals surface area contributed by atoms with Crippen LogP contribution in [0.3, 0.4) is 0 Å². The maximum Gasteiger partial charge on any atom is 0.0118 e. The fourth-order valence-electron chi connectivity index (χ4n) is 0.916. The molecule has 0 amide bonds. The summed E-state index contributed by atoms with van der Waals surface area (Å²) in [6.07, 6.45) is 4.11. The third-order valence-corrected chi connectivity index (χ3v) is 1.35. The van der Waals surface area contributed by atoms with Gasteiger partial charge in [0.1, 0.15) is 0 Å². The summed E-state index contributed by atoms with van der Waals surface area (Å²) in [4.78, 5) is 3.13. The lowest BCUT2D eigenvalue weighted by Crippen LogP contribution is -1.75. The number of hydrogen-bond acceptors (Lipinski definition) is 0. The molecule has 1 heteroatoms. The van der Waals surface area contributed by atoms with Gasteiger partial charge in [-0.1, -0.05) is 6.92 Å². The molecule has 0 saturated carbocycles. The van der Waals surface area contributed by atoms with Crippen LogP contribution in [0.2, 0.25) is 0 Å². The van der Waals surface area contributed by atoms with E-state index in [1.807, 2.05) is 6.20 Å². The molecular formula is C8H12N. The zero-order chi connectivity index (χ0) is 6.69. The third-order valence-electron chi connectivity index (χ3n) is 1.35. The molecule has 1 nitrogen and oxygen atoms in total. The van der Waals surface area contributed by atoms with Gasteiger partial charge in [-0.2, -0.15) is 0 Å². The molecule has 49 valence electrons. The Morgan fingerprint density at radius 2 is 2.44 bits per heavy atom. The molecule has 0 aliphatic heterocycles. The summed E-state index contributed by atoms with van der Waals surface area (Å²) in [6.45, 7) is 5.84. The lowest BCUT2D eigenvalue weighted by atomic mass is 10.2. The van der Waals surface area contributed by atoms with Crippen molar-refractivity contribution in [2.45, 2.75) is 19.8 Å². The highest BCUT2D eigenvalue weighted by atomic mass is 14.7. The molecule has 1 aromatic rings. The molecule has 0 fully saturated rings. The molecular weight excluding hydrogens is 110 g/mol. The molecule has 0 saturated heterocycles. The van der Waals surface area contributed by atoms with Gasteiger partial charge in [0.2, 0.25) is 0 Å². The smallest absolute Gasteiger partial charge is 0.0118 e. The van der Waals surface area contributed by atoms with Crippen LogP contribution < -0.4 is 0 Å². The average molecular weight is 122 g/mol. The first-order chi connectivity index (χ1) is 4.33. The predicted molar refractivity (Wildman–Crippen MR) is 39.2 cm³/mol. The first-order valence-electron chi connectivity index (χ1n) is 3.26. The fourth-order valence-corrected chi connectivity index (χ4v) is 0.916. The van der Waals surface area contributed by atoms with Crippen LogP contribution in [0, 0.1) is 13.8 Å². The molecule has 1 N–H and O–H groups in total. The van der Waals surface area contributed by atoms with Crippen molar-refractivity contribution in [3.63, 3.8) is 0 Å². The molecule has 9 heavy (non-hydrogen) atoms. The normalized spacial score (nSPS) is 10.0.